The molecule has 1 N–H and O–H groups in total. The maximum atomic E-state index is 12.7. The van der Waals surface area contributed by atoms with Crippen molar-refractivity contribution in [2.24, 2.45) is 0 Å². The van der Waals surface area contributed by atoms with Crippen molar-refractivity contribution in [2.75, 3.05) is 6.54 Å². The van der Waals surface area contributed by atoms with Crippen LogP contribution in [0.3, 0.4) is 0 Å². The van der Waals surface area contributed by atoms with Crippen LogP contribution >= 0.6 is 0 Å². The third-order valence-electron chi connectivity index (χ3n) is 5.94. The Bertz CT molecular complexity index is 1100. The van der Waals surface area contributed by atoms with E-state index in [2.05, 4.69) is 22.4 Å². The van der Waals surface area contributed by atoms with E-state index in [1.807, 2.05) is 66.4 Å². The second-order valence-electron chi connectivity index (χ2n) is 8.16. The van der Waals surface area contributed by atoms with Crippen molar-refractivity contribution in [1.82, 2.24) is 15.2 Å². The van der Waals surface area contributed by atoms with Gasteiger partial charge in [-0.1, -0.05) is 49.4 Å². The molecule has 0 saturated carbocycles. The second-order valence-corrected chi connectivity index (χ2v) is 8.16. The van der Waals surface area contributed by atoms with E-state index in [4.69, 9.17) is 4.74 Å². The standard InChI is InChI=1S/C27H29N3O3/c1-3-25(31)30-16-14-20-12-13-23(17-24(20)26(30)21-9-5-4-6-10-21)33-19(2)27(32)29-18-22-11-7-8-15-28-22/h4-13,15,17,19,26H,3,14,16,18H2,1-2H3,(H,29,32). The quantitative estimate of drug-likeness (QED) is 0.598. The Morgan fingerprint density at radius 2 is 1.91 bits per heavy atom. The first-order valence-electron chi connectivity index (χ1n) is 11.4. The summed E-state index contributed by atoms with van der Waals surface area (Å²) in [6.45, 7) is 4.66. The first-order valence-corrected chi connectivity index (χ1v) is 11.4. The minimum absolute atomic E-state index is 0.128. The van der Waals surface area contributed by atoms with E-state index < -0.39 is 6.10 Å². The molecule has 0 spiro atoms. The van der Waals surface area contributed by atoms with E-state index in [0.29, 0.717) is 25.3 Å². The van der Waals surface area contributed by atoms with Crippen molar-refractivity contribution in [3.8, 4) is 5.75 Å². The summed E-state index contributed by atoms with van der Waals surface area (Å²) in [7, 11) is 0. The lowest BCUT2D eigenvalue weighted by Gasteiger charge is -2.38. The third kappa shape index (κ3) is 5.22. The number of fused-ring (bicyclic) bond motifs is 1. The van der Waals surface area contributed by atoms with E-state index >= 15 is 0 Å². The van der Waals surface area contributed by atoms with Crippen molar-refractivity contribution >= 4 is 11.8 Å². The fraction of sp³-hybridized carbons (Fsp3) is 0.296. The topological polar surface area (TPSA) is 71.5 Å². The Morgan fingerprint density at radius 3 is 2.64 bits per heavy atom. The van der Waals surface area contributed by atoms with Gasteiger partial charge in [-0.2, -0.15) is 0 Å². The molecule has 1 aromatic heterocycles. The molecule has 0 bridgehead atoms. The monoisotopic (exact) mass is 443 g/mol. The highest BCUT2D eigenvalue weighted by molar-refractivity contribution is 5.80. The van der Waals surface area contributed by atoms with Gasteiger partial charge in [-0.15, -0.1) is 0 Å². The first-order chi connectivity index (χ1) is 16.1. The highest BCUT2D eigenvalue weighted by Crippen LogP contribution is 2.37. The van der Waals surface area contributed by atoms with Gasteiger partial charge in [0, 0.05) is 19.2 Å². The minimum atomic E-state index is -0.668. The van der Waals surface area contributed by atoms with Gasteiger partial charge in [0.1, 0.15) is 5.75 Å². The molecule has 2 unspecified atom stereocenters. The predicted molar refractivity (Wildman–Crippen MR) is 127 cm³/mol. The number of hydrogen-bond acceptors (Lipinski definition) is 4. The van der Waals surface area contributed by atoms with Crippen LogP contribution in [0.25, 0.3) is 0 Å². The Morgan fingerprint density at radius 1 is 1.12 bits per heavy atom. The number of aromatic nitrogens is 1. The predicted octanol–water partition coefficient (Wildman–Crippen LogP) is 4.05. The lowest BCUT2D eigenvalue weighted by Crippen LogP contribution is -2.40. The number of amides is 2. The van der Waals surface area contributed by atoms with Crippen molar-refractivity contribution < 1.29 is 14.3 Å². The number of nitrogens with zero attached hydrogens (tertiary/aromatic N) is 2. The molecule has 0 radical (unpaired) electrons. The van der Waals surface area contributed by atoms with E-state index in [1.165, 1.54) is 5.56 Å². The molecule has 2 aromatic carbocycles. The highest BCUT2D eigenvalue weighted by Gasteiger charge is 2.31. The normalized spacial score (nSPS) is 15.9. The number of ether oxygens (including phenoxy) is 1. The molecular formula is C27H29N3O3. The van der Waals surface area contributed by atoms with Crippen LogP contribution in [-0.2, 0) is 22.6 Å². The molecule has 2 amide bonds. The summed E-state index contributed by atoms with van der Waals surface area (Å²) >= 11 is 0. The smallest absolute Gasteiger partial charge is 0.261 e. The fourth-order valence-corrected chi connectivity index (χ4v) is 4.21. The van der Waals surface area contributed by atoms with Gasteiger partial charge < -0.3 is 15.0 Å². The van der Waals surface area contributed by atoms with Gasteiger partial charge in [0.15, 0.2) is 6.10 Å². The Hall–Kier alpha value is -3.67. The summed E-state index contributed by atoms with van der Waals surface area (Å²) in [6, 6.07) is 21.4. The van der Waals surface area contributed by atoms with Gasteiger partial charge in [0.25, 0.3) is 5.91 Å². The van der Waals surface area contributed by atoms with E-state index in [-0.39, 0.29) is 17.9 Å². The van der Waals surface area contributed by atoms with Crippen molar-refractivity contribution in [2.45, 2.75) is 45.4 Å². The Kier molecular flexibility index (Phi) is 7.03. The van der Waals surface area contributed by atoms with Gasteiger partial charge in [-0.25, -0.2) is 0 Å². The molecule has 6 heteroatoms. The number of benzene rings is 2. The fourth-order valence-electron chi connectivity index (χ4n) is 4.21. The lowest BCUT2D eigenvalue weighted by atomic mass is 9.87. The average molecular weight is 444 g/mol. The zero-order valence-electron chi connectivity index (χ0n) is 19.0. The van der Waals surface area contributed by atoms with Crippen LogP contribution in [0, 0.1) is 0 Å². The number of hydrogen-bond donors (Lipinski definition) is 1. The van der Waals surface area contributed by atoms with Gasteiger partial charge >= 0.3 is 0 Å². The maximum Gasteiger partial charge on any atom is 0.261 e. The van der Waals surface area contributed by atoms with Crippen LogP contribution in [0.4, 0.5) is 0 Å². The molecule has 2 heterocycles. The molecule has 0 aliphatic carbocycles. The maximum absolute atomic E-state index is 12.7. The van der Waals surface area contributed by atoms with Gasteiger partial charge in [0.05, 0.1) is 18.3 Å². The van der Waals surface area contributed by atoms with Crippen LogP contribution in [0.15, 0.2) is 72.9 Å². The Labute approximate surface area is 194 Å². The van der Waals surface area contributed by atoms with Crippen molar-refractivity contribution in [3.05, 3.63) is 95.3 Å². The number of pyridine rings is 1. The molecule has 1 aliphatic heterocycles. The van der Waals surface area contributed by atoms with E-state index in [9.17, 15) is 9.59 Å². The summed E-state index contributed by atoms with van der Waals surface area (Å²) < 4.78 is 6.00. The molecule has 2 atom stereocenters. The van der Waals surface area contributed by atoms with E-state index in [0.717, 1.165) is 23.2 Å². The third-order valence-corrected chi connectivity index (χ3v) is 5.94. The number of nitrogens with one attached hydrogen (secondary N) is 1. The molecule has 0 fully saturated rings. The Balaban J connectivity index is 1.53. The molecular weight excluding hydrogens is 414 g/mol. The van der Waals surface area contributed by atoms with Crippen LogP contribution in [-0.4, -0.2) is 34.3 Å². The van der Waals surface area contributed by atoms with Crippen LogP contribution in [0.1, 0.15) is 48.7 Å². The number of carbonyl (C=O) groups is 2. The molecule has 170 valence electrons. The largest absolute Gasteiger partial charge is 0.481 e. The molecule has 1 aliphatic rings. The van der Waals surface area contributed by atoms with E-state index in [1.54, 1.807) is 13.1 Å². The zero-order valence-corrected chi connectivity index (χ0v) is 19.0. The second kappa shape index (κ2) is 10.3. The highest BCUT2D eigenvalue weighted by atomic mass is 16.5. The summed E-state index contributed by atoms with van der Waals surface area (Å²) in [6.07, 6.45) is 2.29. The van der Waals surface area contributed by atoms with Gasteiger partial charge in [-0.05, 0) is 54.3 Å². The van der Waals surface area contributed by atoms with Crippen LogP contribution < -0.4 is 10.1 Å². The first kappa shape index (κ1) is 22.5. The molecule has 33 heavy (non-hydrogen) atoms. The lowest BCUT2D eigenvalue weighted by molar-refractivity contribution is -0.133. The number of rotatable bonds is 7. The molecule has 3 aromatic rings. The van der Waals surface area contributed by atoms with Gasteiger partial charge in [0.2, 0.25) is 5.91 Å². The SMILES string of the molecule is CCC(=O)N1CCc2ccc(OC(C)C(=O)NCc3ccccn3)cc2C1c1ccccc1. The number of carbonyl (C=O) groups excluding carboxylic acids is 2. The van der Waals surface area contributed by atoms with Crippen molar-refractivity contribution in [1.29, 1.82) is 0 Å². The molecule has 0 saturated heterocycles. The summed E-state index contributed by atoms with van der Waals surface area (Å²) in [5.74, 6) is 0.532. The average Bonchev–Trinajstić information content (AvgIpc) is 2.87. The summed E-state index contributed by atoms with van der Waals surface area (Å²) in [5, 5.41) is 2.87. The molecule has 4 rings (SSSR count). The van der Waals surface area contributed by atoms with Gasteiger partial charge in [-0.3, -0.25) is 14.6 Å². The zero-order chi connectivity index (χ0) is 23.2. The van der Waals surface area contributed by atoms with Crippen molar-refractivity contribution in [3.63, 3.8) is 0 Å². The minimum Gasteiger partial charge on any atom is -0.481 e. The van der Waals surface area contributed by atoms with Crippen LogP contribution in [0.5, 0.6) is 5.75 Å². The summed E-state index contributed by atoms with van der Waals surface area (Å²) in [4.78, 5) is 31.5. The molecule has 6 nitrogen and oxygen atoms in total. The summed E-state index contributed by atoms with van der Waals surface area (Å²) in [5.41, 5.74) is 4.10. The van der Waals surface area contributed by atoms with Crippen LogP contribution in [0.2, 0.25) is 0 Å².